The number of aryl methyl sites for hydroxylation is 3. The second-order valence-corrected chi connectivity index (χ2v) is 10.7. The van der Waals surface area contributed by atoms with Gasteiger partial charge in [0, 0.05) is 0 Å². The Bertz CT molecular complexity index is 1300. The molecule has 1 saturated carbocycles. The van der Waals surface area contributed by atoms with Gasteiger partial charge in [-0.05, 0) is 81.2 Å². The van der Waals surface area contributed by atoms with Gasteiger partial charge >= 0.3 is 5.76 Å². The minimum Gasteiger partial charge on any atom is -0.318 e. The smallest absolute Gasteiger partial charge is 0.318 e. The number of nitroso groups, excluding NO2 is 1. The van der Waals surface area contributed by atoms with Crippen molar-refractivity contribution in [1.82, 2.24) is 9.72 Å². The summed E-state index contributed by atoms with van der Waals surface area (Å²) in [6.45, 7) is 7.97. The lowest BCUT2D eigenvalue weighted by atomic mass is 9.72. The second-order valence-electron chi connectivity index (χ2n) is 10.7. The Kier molecular flexibility index (Phi) is 5.58. The molecule has 34 heavy (non-hydrogen) atoms. The first-order valence-corrected chi connectivity index (χ1v) is 12.4. The summed E-state index contributed by atoms with van der Waals surface area (Å²) in [5.74, 6) is 0.141. The predicted molar refractivity (Wildman–Crippen MR) is 132 cm³/mol. The largest absolute Gasteiger partial charge is 0.459 e. The van der Waals surface area contributed by atoms with Gasteiger partial charge in [-0.1, -0.05) is 66.4 Å². The zero-order chi connectivity index (χ0) is 24.1. The number of nitrogens with zero attached hydrogens (tertiary/aromatic N) is 3. The van der Waals surface area contributed by atoms with Gasteiger partial charge < -0.3 is 4.52 Å². The Morgan fingerprint density at radius 1 is 1.03 bits per heavy atom. The minimum absolute atomic E-state index is 0.147. The molecule has 1 aromatic heterocycles. The molecule has 0 spiro atoms. The van der Waals surface area contributed by atoms with Crippen LogP contribution in [0.15, 0.2) is 50.9 Å². The van der Waals surface area contributed by atoms with Crippen LogP contribution < -0.4 is 5.76 Å². The van der Waals surface area contributed by atoms with E-state index in [1.165, 1.54) is 17.5 Å². The fourth-order valence-corrected chi connectivity index (χ4v) is 5.97. The molecule has 0 aliphatic heterocycles. The molecular weight excluding hydrogens is 426 g/mol. The van der Waals surface area contributed by atoms with Crippen molar-refractivity contribution in [3.63, 3.8) is 0 Å². The van der Waals surface area contributed by atoms with E-state index in [0.29, 0.717) is 5.82 Å². The first-order valence-electron chi connectivity index (χ1n) is 12.4. The standard InChI is InChI=1S/C28H33N3O3/c1-18-10-14-23-19(16-18)11-12-20-17-21(27(2,3)30-33)13-15-24(20)28(23,4)25-29-26(32)34-31(25)22-8-6-5-7-9-22/h10,13-17,22H,5-9,11-12H2,1-4H3. The maximum absolute atomic E-state index is 12.6. The van der Waals surface area contributed by atoms with Crippen LogP contribution in [0.5, 0.6) is 0 Å². The molecule has 0 amide bonds. The Hall–Kier alpha value is -3.02. The lowest BCUT2D eigenvalue weighted by Gasteiger charge is -2.34. The van der Waals surface area contributed by atoms with Crippen LogP contribution in [-0.2, 0) is 23.8 Å². The highest BCUT2D eigenvalue weighted by molar-refractivity contribution is 5.55. The minimum atomic E-state index is -0.806. The van der Waals surface area contributed by atoms with Gasteiger partial charge in [0.25, 0.3) is 0 Å². The van der Waals surface area contributed by atoms with E-state index in [2.05, 4.69) is 54.3 Å². The van der Waals surface area contributed by atoms with Gasteiger partial charge in [0.05, 0.1) is 11.5 Å². The molecule has 2 aliphatic rings. The topological polar surface area (TPSA) is 77.5 Å². The SMILES string of the molecule is Cc1ccc2c(c1)CCc1cc(C(C)(C)N=O)ccc1C2(C)c1nc(=O)on1C1CCCCC1. The molecule has 1 heterocycles. The van der Waals surface area contributed by atoms with E-state index in [0.717, 1.165) is 60.8 Å². The van der Waals surface area contributed by atoms with Crippen molar-refractivity contribution in [2.24, 2.45) is 5.18 Å². The number of benzene rings is 2. The monoisotopic (exact) mass is 459 g/mol. The average Bonchev–Trinajstić information content (AvgIpc) is 3.19. The Labute approximate surface area is 200 Å². The zero-order valence-electron chi connectivity index (χ0n) is 20.6. The molecule has 1 unspecified atom stereocenters. The fourth-order valence-electron chi connectivity index (χ4n) is 5.97. The van der Waals surface area contributed by atoms with E-state index in [9.17, 15) is 9.70 Å². The lowest BCUT2D eigenvalue weighted by Crippen LogP contribution is -2.32. The van der Waals surface area contributed by atoms with Crippen molar-refractivity contribution in [3.05, 3.63) is 91.1 Å². The van der Waals surface area contributed by atoms with E-state index in [1.54, 1.807) is 0 Å². The summed E-state index contributed by atoms with van der Waals surface area (Å²) < 4.78 is 7.58. The van der Waals surface area contributed by atoms with E-state index < -0.39 is 16.7 Å². The summed E-state index contributed by atoms with van der Waals surface area (Å²) in [6.07, 6.45) is 7.19. The molecule has 0 saturated heterocycles. The van der Waals surface area contributed by atoms with Crippen molar-refractivity contribution in [2.45, 2.75) is 89.6 Å². The summed E-state index contributed by atoms with van der Waals surface area (Å²) in [6, 6.07) is 13.0. The molecular formula is C28H33N3O3. The van der Waals surface area contributed by atoms with Crippen molar-refractivity contribution in [1.29, 1.82) is 0 Å². The lowest BCUT2D eigenvalue weighted by molar-refractivity contribution is 0.159. The third-order valence-corrected chi connectivity index (χ3v) is 7.98. The number of rotatable bonds is 4. The van der Waals surface area contributed by atoms with E-state index in [1.807, 2.05) is 24.7 Å². The van der Waals surface area contributed by atoms with Gasteiger partial charge in [-0.15, -0.1) is 4.91 Å². The molecule has 1 atom stereocenters. The van der Waals surface area contributed by atoms with Crippen molar-refractivity contribution < 1.29 is 4.52 Å². The molecule has 1 fully saturated rings. The van der Waals surface area contributed by atoms with Gasteiger partial charge in [-0.25, -0.2) is 4.79 Å². The highest BCUT2D eigenvalue weighted by Crippen LogP contribution is 2.46. The number of hydrogen-bond acceptors (Lipinski definition) is 5. The van der Waals surface area contributed by atoms with Gasteiger partial charge in [0.1, 0.15) is 5.54 Å². The molecule has 2 aliphatic carbocycles. The third kappa shape index (κ3) is 3.64. The molecule has 6 heteroatoms. The fraction of sp³-hybridized carbons (Fsp3) is 0.500. The van der Waals surface area contributed by atoms with Crippen LogP contribution in [0, 0.1) is 11.8 Å². The third-order valence-electron chi connectivity index (χ3n) is 7.98. The number of aromatic nitrogens is 2. The summed E-state index contributed by atoms with van der Waals surface area (Å²) >= 11 is 0. The van der Waals surface area contributed by atoms with E-state index in [-0.39, 0.29) is 6.04 Å². The van der Waals surface area contributed by atoms with Gasteiger partial charge in [0.2, 0.25) is 0 Å². The quantitative estimate of drug-likeness (QED) is 0.441. The van der Waals surface area contributed by atoms with Gasteiger partial charge in [-0.3, -0.25) is 0 Å². The second kappa shape index (κ2) is 8.33. The first-order chi connectivity index (χ1) is 16.2. The Morgan fingerprint density at radius 2 is 1.68 bits per heavy atom. The molecule has 5 rings (SSSR count). The molecule has 178 valence electrons. The molecule has 0 N–H and O–H groups in total. The normalized spacial score (nSPS) is 20.9. The van der Waals surface area contributed by atoms with Crippen LogP contribution in [0.2, 0.25) is 0 Å². The van der Waals surface area contributed by atoms with Crippen molar-refractivity contribution in [3.8, 4) is 0 Å². The number of fused-ring (bicyclic) bond motifs is 2. The molecule has 6 nitrogen and oxygen atoms in total. The summed E-state index contributed by atoms with van der Waals surface area (Å²) in [7, 11) is 0. The average molecular weight is 460 g/mol. The molecule has 0 radical (unpaired) electrons. The molecule has 0 bridgehead atoms. The van der Waals surface area contributed by atoms with E-state index >= 15 is 0 Å². The maximum Gasteiger partial charge on any atom is 0.459 e. The van der Waals surface area contributed by atoms with Crippen LogP contribution in [0.4, 0.5) is 0 Å². The van der Waals surface area contributed by atoms with Gasteiger partial charge in [-0.2, -0.15) is 9.72 Å². The van der Waals surface area contributed by atoms with Crippen LogP contribution in [0.1, 0.15) is 98.1 Å². The Morgan fingerprint density at radius 3 is 2.35 bits per heavy atom. The predicted octanol–water partition coefficient (Wildman–Crippen LogP) is 6.10. The zero-order valence-corrected chi connectivity index (χ0v) is 20.6. The van der Waals surface area contributed by atoms with Crippen molar-refractivity contribution in [2.75, 3.05) is 0 Å². The van der Waals surface area contributed by atoms with E-state index in [4.69, 9.17) is 4.52 Å². The summed E-state index contributed by atoms with van der Waals surface area (Å²) in [4.78, 5) is 28.6. The first kappa shape index (κ1) is 22.8. The highest BCUT2D eigenvalue weighted by atomic mass is 16.5. The summed E-state index contributed by atoms with van der Waals surface area (Å²) in [5.41, 5.74) is 5.35. The Balaban J connectivity index is 1.78. The number of hydrogen-bond donors (Lipinski definition) is 0. The highest BCUT2D eigenvalue weighted by Gasteiger charge is 2.43. The van der Waals surface area contributed by atoms with Gasteiger partial charge in [0.15, 0.2) is 5.82 Å². The van der Waals surface area contributed by atoms with Crippen LogP contribution >= 0.6 is 0 Å². The molecule has 3 aromatic rings. The van der Waals surface area contributed by atoms with Crippen LogP contribution in [0.25, 0.3) is 0 Å². The van der Waals surface area contributed by atoms with Crippen molar-refractivity contribution >= 4 is 0 Å². The summed E-state index contributed by atoms with van der Waals surface area (Å²) in [5, 5.41) is 3.36. The maximum atomic E-state index is 12.6. The molecule has 2 aromatic carbocycles. The van der Waals surface area contributed by atoms with Crippen LogP contribution in [0.3, 0.4) is 0 Å². The van der Waals surface area contributed by atoms with Crippen LogP contribution in [-0.4, -0.2) is 9.72 Å².